The molecule has 0 saturated carbocycles. The number of allylic oxidation sites excluding steroid dienone is 1. The largest absolute Gasteiger partial charge is 0.508 e. The van der Waals surface area contributed by atoms with Crippen LogP contribution in [0.3, 0.4) is 0 Å². The Labute approximate surface area is 117 Å². The molecule has 0 aromatic rings. The van der Waals surface area contributed by atoms with Gasteiger partial charge in [0.15, 0.2) is 0 Å². The number of rotatable bonds is 9. The Morgan fingerprint density at radius 1 is 1.00 bits per heavy atom. The minimum absolute atomic E-state index is 0.279. The maximum Gasteiger partial charge on any atom is 0.508 e. The molecule has 0 bridgehead atoms. The number of hydrogen-bond acceptors (Lipinski definition) is 3. The molecule has 0 spiro atoms. The smallest absolute Gasteiger partial charge is 0.435 e. The fraction of sp³-hybridized carbons (Fsp3) is 0.688. The first-order chi connectivity index (χ1) is 9.31. The van der Waals surface area contributed by atoms with Crippen molar-refractivity contribution in [3.63, 3.8) is 0 Å². The molecule has 0 N–H and O–H groups in total. The van der Waals surface area contributed by atoms with Gasteiger partial charge in [0.05, 0.1) is 6.61 Å². The summed E-state index contributed by atoms with van der Waals surface area (Å²) in [4.78, 5) is 10.8. The summed E-state index contributed by atoms with van der Waals surface area (Å²) in [6, 6.07) is 0. The second-order valence-corrected chi connectivity index (χ2v) is 4.17. The highest BCUT2D eigenvalue weighted by atomic mass is 16.7. The zero-order valence-corrected chi connectivity index (χ0v) is 12.2. The lowest BCUT2D eigenvalue weighted by Crippen LogP contribution is -2.06. The van der Waals surface area contributed by atoms with Gasteiger partial charge in [0.25, 0.3) is 0 Å². The van der Waals surface area contributed by atoms with E-state index in [0.29, 0.717) is 6.61 Å². The highest BCUT2D eigenvalue weighted by Crippen LogP contribution is 1.99. The molecular weight excluding hydrogens is 240 g/mol. The van der Waals surface area contributed by atoms with Gasteiger partial charge in [-0.2, -0.15) is 0 Å². The fourth-order valence-corrected chi connectivity index (χ4v) is 1.41. The zero-order valence-electron chi connectivity index (χ0n) is 12.2. The van der Waals surface area contributed by atoms with E-state index in [1.54, 1.807) is 6.92 Å². The van der Waals surface area contributed by atoms with E-state index in [1.807, 2.05) is 12.2 Å². The molecule has 0 radical (unpaired) electrons. The average molecular weight is 266 g/mol. The maximum absolute atomic E-state index is 10.8. The molecule has 19 heavy (non-hydrogen) atoms. The summed E-state index contributed by atoms with van der Waals surface area (Å²) in [5.41, 5.74) is 0. The van der Waals surface area contributed by atoms with Crippen molar-refractivity contribution in [2.24, 2.45) is 0 Å². The quantitative estimate of drug-likeness (QED) is 0.267. The Kier molecular flexibility index (Phi) is 13.5. The lowest BCUT2D eigenvalue weighted by Gasteiger charge is -2.00. The Balaban J connectivity index is 3.31. The van der Waals surface area contributed by atoms with Crippen LogP contribution in [0.1, 0.15) is 58.8 Å². The van der Waals surface area contributed by atoms with Gasteiger partial charge in [0.1, 0.15) is 6.61 Å². The van der Waals surface area contributed by atoms with Crippen molar-refractivity contribution in [2.75, 3.05) is 13.2 Å². The Morgan fingerprint density at radius 3 is 2.42 bits per heavy atom. The van der Waals surface area contributed by atoms with Crippen LogP contribution in [0.15, 0.2) is 12.2 Å². The Hall–Kier alpha value is -1.43. The van der Waals surface area contributed by atoms with Gasteiger partial charge in [-0.1, -0.05) is 31.9 Å². The number of carbonyl (C=O) groups excluding carboxylic acids is 1. The van der Waals surface area contributed by atoms with E-state index in [0.717, 1.165) is 25.7 Å². The first-order valence-corrected chi connectivity index (χ1v) is 7.21. The predicted octanol–water partition coefficient (Wildman–Crippen LogP) is 4.47. The molecule has 0 amide bonds. The van der Waals surface area contributed by atoms with E-state index in [-0.39, 0.29) is 6.61 Å². The molecule has 108 valence electrons. The van der Waals surface area contributed by atoms with Crippen molar-refractivity contribution in [3.05, 3.63) is 12.2 Å². The molecule has 3 heteroatoms. The van der Waals surface area contributed by atoms with Crippen molar-refractivity contribution in [1.82, 2.24) is 0 Å². The number of hydrogen-bond donors (Lipinski definition) is 0. The van der Waals surface area contributed by atoms with Gasteiger partial charge in [-0.15, -0.1) is 11.8 Å². The van der Waals surface area contributed by atoms with Crippen LogP contribution in [0.2, 0.25) is 0 Å². The van der Waals surface area contributed by atoms with Crippen LogP contribution < -0.4 is 0 Å². The molecular formula is C16H26O3. The normalized spacial score (nSPS) is 10.0. The van der Waals surface area contributed by atoms with Gasteiger partial charge < -0.3 is 9.47 Å². The standard InChI is InChI=1S/C16H26O3/c1-3-5-6-7-8-9-10-11-12-13-14-15-19-16(17)18-4-2/h13-14H,3-7,10-12,15H2,1-2H3/b14-13+. The summed E-state index contributed by atoms with van der Waals surface area (Å²) in [7, 11) is 0. The predicted molar refractivity (Wildman–Crippen MR) is 77.9 cm³/mol. The maximum atomic E-state index is 10.8. The number of carbonyl (C=O) groups is 1. The molecule has 0 heterocycles. The first-order valence-electron chi connectivity index (χ1n) is 7.21. The topological polar surface area (TPSA) is 35.5 Å². The van der Waals surface area contributed by atoms with Gasteiger partial charge in [0, 0.05) is 12.8 Å². The second-order valence-electron chi connectivity index (χ2n) is 4.17. The molecule has 0 rings (SSSR count). The van der Waals surface area contributed by atoms with Crippen LogP contribution in [0.25, 0.3) is 0 Å². The third-order valence-electron chi connectivity index (χ3n) is 2.43. The average Bonchev–Trinajstić information content (AvgIpc) is 2.40. The fourth-order valence-electron chi connectivity index (χ4n) is 1.41. The Morgan fingerprint density at radius 2 is 1.74 bits per heavy atom. The number of ether oxygens (including phenoxy) is 2. The second kappa shape index (κ2) is 14.6. The SMILES string of the molecule is CCCCCC#CCCC/C=C/COC(=O)OCC. The van der Waals surface area contributed by atoms with Crippen molar-refractivity contribution in [3.8, 4) is 11.8 Å². The van der Waals surface area contributed by atoms with Gasteiger partial charge in [0.2, 0.25) is 0 Å². The highest BCUT2D eigenvalue weighted by Gasteiger charge is 1.97. The summed E-state index contributed by atoms with van der Waals surface area (Å²) < 4.78 is 9.42. The Bertz CT molecular complexity index is 297. The molecule has 3 nitrogen and oxygen atoms in total. The summed E-state index contributed by atoms with van der Waals surface area (Å²) >= 11 is 0. The van der Waals surface area contributed by atoms with Crippen LogP contribution >= 0.6 is 0 Å². The van der Waals surface area contributed by atoms with E-state index in [4.69, 9.17) is 4.74 Å². The zero-order chi connectivity index (χ0) is 14.2. The van der Waals surface area contributed by atoms with E-state index < -0.39 is 6.16 Å². The van der Waals surface area contributed by atoms with Gasteiger partial charge in [-0.05, 0) is 26.2 Å². The van der Waals surface area contributed by atoms with Gasteiger partial charge >= 0.3 is 6.16 Å². The monoisotopic (exact) mass is 266 g/mol. The molecule has 0 unspecified atom stereocenters. The van der Waals surface area contributed by atoms with Crippen molar-refractivity contribution in [2.45, 2.75) is 58.8 Å². The third kappa shape index (κ3) is 14.5. The van der Waals surface area contributed by atoms with E-state index >= 15 is 0 Å². The molecule has 0 aromatic carbocycles. The minimum Gasteiger partial charge on any atom is -0.435 e. The first kappa shape index (κ1) is 17.6. The molecule has 0 aliphatic rings. The summed E-state index contributed by atoms with van der Waals surface area (Å²) in [5.74, 6) is 6.37. The summed E-state index contributed by atoms with van der Waals surface area (Å²) in [6.45, 7) is 4.58. The van der Waals surface area contributed by atoms with E-state index in [2.05, 4.69) is 23.5 Å². The van der Waals surface area contributed by atoms with Crippen molar-refractivity contribution in [1.29, 1.82) is 0 Å². The molecule has 0 aromatic heterocycles. The summed E-state index contributed by atoms with van der Waals surface area (Å²) in [6.07, 6.45) is 11.0. The van der Waals surface area contributed by atoms with Crippen LogP contribution in [0.4, 0.5) is 4.79 Å². The van der Waals surface area contributed by atoms with Crippen molar-refractivity contribution < 1.29 is 14.3 Å². The van der Waals surface area contributed by atoms with Crippen LogP contribution in [0.5, 0.6) is 0 Å². The summed E-state index contributed by atoms with van der Waals surface area (Å²) in [5, 5.41) is 0. The lowest BCUT2D eigenvalue weighted by molar-refractivity contribution is 0.0673. The molecule has 0 aliphatic heterocycles. The van der Waals surface area contributed by atoms with Crippen LogP contribution in [-0.4, -0.2) is 19.4 Å². The minimum atomic E-state index is -0.606. The van der Waals surface area contributed by atoms with Crippen LogP contribution in [0, 0.1) is 11.8 Å². The number of unbranched alkanes of at least 4 members (excludes halogenated alkanes) is 5. The molecule has 0 saturated heterocycles. The lowest BCUT2D eigenvalue weighted by atomic mass is 10.2. The third-order valence-corrected chi connectivity index (χ3v) is 2.43. The van der Waals surface area contributed by atoms with Crippen LogP contribution in [-0.2, 0) is 9.47 Å². The van der Waals surface area contributed by atoms with Crippen molar-refractivity contribution >= 4 is 6.16 Å². The van der Waals surface area contributed by atoms with E-state index in [9.17, 15) is 4.79 Å². The highest BCUT2D eigenvalue weighted by molar-refractivity contribution is 5.59. The van der Waals surface area contributed by atoms with Gasteiger partial charge in [-0.25, -0.2) is 4.79 Å². The molecule has 0 aliphatic carbocycles. The molecule has 0 atom stereocenters. The van der Waals surface area contributed by atoms with E-state index in [1.165, 1.54) is 19.3 Å². The molecule has 0 fully saturated rings. The van der Waals surface area contributed by atoms with Gasteiger partial charge in [-0.3, -0.25) is 0 Å².